The molecule has 0 aliphatic carbocycles. The number of aromatic hydroxyl groups is 2. The molecule has 0 spiro atoms. The molecule has 1 saturated heterocycles. The summed E-state index contributed by atoms with van der Waals surface area (Å²) in [4.78, 5) is 12.7. The van der Waals surface area contributed by atoms with E-state index in [0.717, 1.165) is 6.07 Å². The Hall–Kier alpha value is -2.89. The molecule has 4 rings (SSSR count). The Morgan fingerprint density at radius 1 is 0.935 bits per heavy atom. The maximum Gasteiger partial charge on any atom is 0.229 e. The number of hydrogen-bond acceptors (Lipinski definition) is 10. The van der Waals surface area contributed by atoms with Gasteiger partial charge in [0.15, 0.2) is 12.2 Å². The van der Waals surface area contributed by atoms with Crippen molar-refractivity contribution in [2.45, 2.75) is 49.8 Å². The number of ketones is 1. The number of ether oxygens (including phenoxy) is 3. The van der Waals surface area contributed by atoms with Crippen molar-refractivity contribution in [2.75, 3.05) is 0 Å². The molecule has 2 aliphatic heterocycles. The Balaban J connectivity index is 1.63. The molecule has 7 atom stereocenters. The Kier molecular flexibility index (Phi) is 5.50. The SMILES string of the molecule is CC1OC(Oc2cc(O)c3c(c2)OC(c2ccc(O)cc2)C(O)C3=O)C(O)C(O)C1O. The summed E-state index contributed by atoms with van der Waals surface area (Å²) in [5, 5.41) is 60.0. The van der Waals surface area contributed by atoms with Crippen LogP contribution in [-0.4, -0.2) is 73.2 Å². The zero-order chi connectivity index (χ0) is 22.4. The number of aliphatic hydroxyl groups excluding tert-OH is 4. The molecule has 7 unspecified atom stereocenters. The topological polar surface area (TPSA) is 166 Å². The normalized spacial score (nSPS) is 32.8. The predicted molar refractivity (Wildman–Crippen MR) is 103 cm³/mol. The standard InChI is InChI=1S/C21H22O10/c1-8-15(24)17(26)19(28)21(29-8)30-11-6-12(23)14-13(7-11)31-20(18(27)16(14)25)9-2-4-10(22)5-3-9/h2-8,15,17-24,26-28H,1H3. The number of Topliss-reactive ketones (excluding diaryl/α,β-unsaturated/α-hetero) is 1. The van der Waals surface area contributed by atoms with Gasteiger partial charge in [-0.2, -0.15) is 0 Å². The molecule has 2 heterocycles. The number of phenols is 2. The number of benzene rings is 2. The first kappa shape index (κ1) is 21.3. The number of phenolic OH excluding ortho intramolecular Hbond substituents is 2. The number of fused-ring (bicyclic) bond motifs is 1. The zero-order valence-corrected chi connectivity index (χ0v) is 16.3. The Bertz CT molecular complexity index is 975. The second kappa shape index (κ2) is 7.98. The highest BCUT2D eigenvalue weighted by Gasteiger charge is 2.44. The van der Waals surface area contributed by atoms with Gasteiger partial charge in [-0.3, -0.25) is 4.79 Å². The number of carbonyl (C=O) groups is 1. The summed E-state index contributed by atoms with van der Waals surface area (Å²) in [5.41, 5.74) is 0.191. The molecule has 2 aromatic carbocycles. The van der Waals surface area contributed by atoms with Crippen LogP contribution in [0.3, 0.4) is 0 Å². The fraction of sp³-hybridized carbons (Fsp3) is 0.381. The van der Waals surface area contributed by atoms with Crippen LogP contribution in [0.15, 0.2) is 36.4 Å². The van der Waals surface area contributed by atoms with Crippen LogP contribution in [0.5, 0.6) is 23.0 Å². The lowest BCUT2D eigenvalue weighted by atomic mass is 9.93. The highest BCUT2D eigenvalue weighted by atomic mass is 16.7. The molecule has 10 heteroatoms. The number of rotatable bonds is 3. The molecule has 31 heavy (non-hydrogen) atoms. The molecule has 0 radical (unpaired) electrons. The quantitative estimate of drug-likeness (QED) is 0.386. The van der Waals surface area contributed by atoms with Crippen molar-refractivity contribution in [3.05, 3.63) is 47.5 Å². The molecule has 0 saturated carbocycles. The third kappa shape index (κ3) is 3.80. The van der Waals surface area contributed by atoms with E-state index in [1.807, 2.05) is 0 Å². The molecule has 10 nitrogen and oxygen atoms in total. The summed E-state index contributed by atoms with van der Waals surface area (Å²) in [6.07, 6.45) is -9.25. The first-order chi connectivity index (χ1) is 14.7. The van der Waals surface area contributed by atoms with Crippen LogP contribution in [0.25, 0.3) is 0 Å². The van der Waals surface area contributed by atoms with E-state index >= 15 is 0 Å². The van der Waals surface area contributed by atoms with E-state index in [1.165, 1.54) is 37.3 Å². The number of carbonyl (C=O) groups excluding carboxylic acids is 1. The molecular weight excluding hydrogens is 412 g/mol. The summed E-state index contributed by atoms with van der Waals surface area (Å²) in [5.74, 6) is -1.38. The lowest BCUT2D eigenvalue weighted by Gasteiger charge is -2.39. The lowest BCUT2D eigenvalue weighted by molar-refractivity contribution is -0.268. The number of aliphatic hydroxyl groups is 4. The Morgan fingerprint density at radius 2 is 1.61 bits per heavy atom. The van der Waals surface area contributed by atoms with Gasteiger partial charge in [-0.15, -0.1) is 0 Å². The van der Waals surface area contributed by atoms with Crippen molar-refractivity contribution in [1.29, 1.82) is 0 Å². The second-order valence-electron chi connectivity index (χ2n) is 7.55. The largest absolute Gasteiger partial charge is 0.508 e. The van der Waals surface area contributed by atoms with Gasteiger partial charge in [-0.05, 0) is 24.6 Å². The minimum atomic E-state index is -1.59. The van der Waals surface area contributed by atoms with Gasteiger partial charge in [-0.1, -0.05) is 12.1 Å². The predicted octanol–water partition coefficient (Wildman–Crippen LogP) is -0.0186. The van der Waals surface area contributed by atoms with Crippen LogP contribution in [-0.2, 0) is 4.74 Å². The molecule has 1 fully saturated rings. The second-order valence-corrected chi connectivity index (χ2v) is 7.55. The lowest BCUT2D eigenvalue weighted by Crippen LogP contribution is -2.58. The average molecular weight is 434 g/mol. The minimum absolute atomic E-state index is 0.00156. The molecule has 6 N–H and O–H groups in total. The fourth-order valence-electron chi connectivity index (χ4n) is 3.63. The van der Waals surface area contributed by atoms with Crippen LogP contribution in [0.2, 0.25) is 0 Å². The third-order valence-electron chi connectivity index (χ3n) is 5.39. The first-order valence-corrected chi connectivity index (χ1v) is 9.58. The summed E-state index contributed by atoms with van der Waals surface area (Å²) < 4.78 is 16.7. The van der Waals surface area contributed by atoms with Crippen molar-refractivity contribution in [1.82, 2.24) is 0 Å². The summed E-state index contributed by atoms with van der Waals surface area (Å²) >= 11 is 0. The smallest absolute Gasteiger partial charge is 0.229 e. The van der Waals surface area contributed by atoms with E-state index in [2.05, 4.69) is 0 Å². The monoisotopic (exact) mass is 434 g/mol. The van der Waals surface area contributed by atoms with E-state index < -0.39 is 54.4 Å². The minimum Gasteiger partial charge on any atom is -0.508 e. The number of hydrogen-bond donors (Lipinski definition) is 6. The van der Waals surface area contributed by atoms with Gasteiger partial charge in [0, 0.05) is 12.1 Å². The fourth-order valence-corrected chi connectivity index (χ4v) is 3.63. The van der Waals surface area contributed by atoms with Gasteiger partial charge in [0.05, 0.1) is 6.10 Å². The maximum atomic E-state index is 12.7. The van der Waals surface area contributed by atoms with E-state index in [-0.39, 0.29) is 22.8 Å². The zero-order valence-electron chi connectivity index (χ0n) is 16.3. The Labute approximate surface area is 176 Å². The molecular formula is C21H22O10. The van der Waals surface area contributed by atoms with Gasteiger partial charge < -0.3 is 44.8 Å². The molecule has 2 aromatic rings. The van der Waals surface area contributed by atoms with Gasteiger partial charge in [0.2, 0.25) is 12.1 Å². The average Bonchev–Trinajstić information content (AvgIpc) is 2.73. The van der Waals surface area contributed by atoms with Crippen LogP contribution in [0.1, 0.15) is 28.9 Å². The van der Waals surface area contributed by atoms with Gasteiger partial charge in [0.1, 0.15) is 46.9 Å². The molecule has 2 aliphatic rings. The van der Waals surface area contributed by atoms with Crippen molar-refractivity contribution < 1.29 is 49.6 Å². The van der Waals surface area contributed by atoms with Crippen molar-refractivity contribution in [2.24, 2.45) is 0 Å². The van der Waals surface area contributed by atoms with E-state index in [9.17, 15) is 35.4 Å². The molecule has 166 valence electrons. The summed E-state index contributed by atoms with van der Waals surface area (Å²) in [7, 11) is 0. The maximum absolute atomic E-state index is 12.7. The van der Waals surface area contributed by atoms with Crippen LogP contribution < -0.4 is 9.47 Å². The highest BCUT2D eigenvalue weighted by molar-refractivity contribution is 6.05. The summed E-state index contributed by atoms with van der Waals surface area (Å²) in [6.45, 7) is 1.49. The highest BCUT2D eigenvalue weighted by Crippen LogP contribution is 2.42. The van der Waals surface area contributed by atoms with Crippen molar-refractivity contribution in [3.63, 3.8) is 0 Å². The first-order valence-electron chi connectivity index (χ1n) is 9.58. The van der Waals surface area contributed by atoms with Crippen LogP contribution in [0, 0.1) is 0 Å². The van der Waals surface area contributed by atoms with Gasteiger partial charge >= 0.3 is 0 Å². The van der Waals surface area contributed by atoms with Crippen LogP contribution in [0.4, 0.5) is 0 Å². The van der Waals surface area contributed by atoms with Crippen molar-refractivity contribution in [3.8, 4) is 23.0 Å². The molecule has 0 aromatic heterocycles. The van der Waals surface area contributed by atoms with Crippen molar-refractivity contribution >= 4 is 5.78 Å². The third-order valence-corrected chi connectivity index (χ3v) is 5.39. The van der Waals surface area contributed by atoms with E-state index in [4.69, 9.17) is 14.2 Å². The molecule has 0 amide bonds. The molecule has 0 bridgehead atoms. The van der Waals surface area contributed by atoms with E-state index in [0.29, 0.717) is 5.56 Å². The summed E-state index contributed by atoms with van der Waals surface area (Å²) in [6, 6.07) is 8.11. The van der Waals surface area contributed by atoms with E-state index in [1.54, 1.807) is 0 Å². The van der Waals surface area contributed by atoms with Gasteiger partial charge in [-0.25, -0.2) is 0 Å². The Morgan fingerprint density at radius 3 is 2.29 bits per heavy atom. The van der Waals surface area contributed by atoms with Crippen LogP contribution >= 0.6 is 0 Å². The van der Waals surface area contributed by atoms with Gasteiger partial charge in [0.25, 0.3) is 0 Å².